The van der Waals surface area contributed by atoms with Crippen molar-refractivity contribution in [1.29, 1.82) is 0 Å². The molecule has 4 rings (SSSR count). The summed E-state index contributed by atoms with van der Waals surface area (Å²) in [6.07, 6.45) is 2.10. The third kappa shape index (κ3) is 5.97. The van der Waals surface area contributed by atoms with Crippen LogP contribution in [0.15, 0.2) is 96.2 Å². The van der Waals surface area contributed by atoms with Crippen LogP contribution in [-0.4, -0.2) is 40.9 Å². The minimum Gasteiger partial charge on any atom is -0.407 e. The first-order valence-corrected chi connectivity index (χ1v) is 15.5. The Bertz CT molecular complexity index is 1160. The standard InChI is InChI=1S/C29H36N4OSSi/c1-24(21-23-35-28-30-31-32-33(28)25-14-8-5-9-15-25)20-22-34-36(29(2,3)4,26-16-10-6-11-17-26)27-18-12-7-13-19-27/h5-19,24H,20-23H2,1-4H3/t24-/m1/s1. The smallest absolute Gasteiger partial charge is 0.261 e. The summed E-state index contributed by atoms with van der Waals surface area (Å²) in [5.74, 6) is 1.50. The van der Waals surface area contributed by atoms with Gasteiger partial charge in [0, 0.05) is 12.4 Å². The van der Waals surface area contributed by atoms with Crippen molar-refractivity contribution in [2.75, 3.05) is 12.4 Å². The highest BCUT2D eigenvalue weighted by molar-refractivity contribution is 7.99. The van der Waals surface area contributed by atoms with Crippen molar-refractivity contribution in [2.45, 2.75) is 50.7 Å². The summed E-state index contributed by atoms with van der Waals surface area (Å²) in [5.41, 5.74) is 0.983. The quantitative estimate of drug-likeness (QED) is 0.188. The van der Waals surface area contributed by atoms with Gasteiger partial charge in [0.25, 0.3) is 8.32 Å². The Morgan fingerprint density at radius 2 is 1.39 bits per heavy atom. The van der Waals surface area contributed by atoms with Crippen LogP contribution < -0.4 is 10.4 Å². The van der Waals surface area contributed by atoms with E-state index in [9.17, 15) is 0 Å². The molecule has 0 radical (unpaired) electrons. The van der Waals surface area contributed by atoms with Crippen LogP contribution in [0.1, 0.15) is 40.5 Å². The SMILES string of the molecule is C[C@H](CCO[Si](c1ccccc1)(c1ccccc1)C(C)(C)C)CCSc1nnnn1-c1ccccc1. The zero-order valence-electron chi connectivity index (χ0n) is 21.7. The maximum absolute atomic E-state index is 7.06. The molecule has 7 heteroatoms. The molecule has 5 nitrogen and oxygen atoms in total. The summed E-state index contributed by atoms with van der Waals surface area (Å²) in [6.45, 7) is 10.1. The van der Waals surface area contributed by atoms with E-state index in [2.05, 4.69) is 104 Å². The summed E-state index contributed by atoms with van der Waals surface area (Å²) in [4.78, 5) is 0. The van der Waals surface area contributed by atoms with E-state index < -0.39 is 8.32 Å². The molecule has 0 bridgehead atoms. The Morgan fingerprint density at radius 3 is 1.94 bits per heavy atom. The fraction of sp³-hybridized carbons (Fsp3) is 0.345. The monoisotopic (exact) mass is 516 g/mol. The fourth-order valence-electron chi connectivity index (χ4n) is 4.67. The zero-order valence-corrected chi connectivity index (χ0v) is 23.5. The second kappa shape index (κ2) is 12.0. The van der Waals surface area contributed by atoms with E-state index in [1.165, 1.54) is 10.4 Å². The van der Waals surface area contributed by atoms with Crippen LogP contribution >= 0.6 is 11.8 Å². The van der Waals surface area contributed by atoms with Gasteiger partial charge in [0.1, 0.15) is 0 Å². The van der Waals surface area contributed by atoms with Gasteiger partial charge in [0.05, 0.1) is 5.69 Å². The number of benzene rings is 3. The van der Waals surface area contributed by atoms with Crippen LogP contribution in [-0.2, 0) is 4.43 Å². The molecule has 0 unspecified atom stereocenters. The minimum absolute atomic E-state index is 0.00328. The summed E-state index contributed by atoms with van der Waals surface area (Å²) < 4.78 is 8.87. The Balaban J connectivity index is 1.39. The first-order chi connectivity index (χ1) is 17.4. The third-order valence-corrected chi connectivity index (χ3v) is 12.6. The lowest BCUT2D eigenvalue weighted by Gasteiger charge is -2.43. The highest BCUT2D eigenvalue weighted by atomic mass is 32.2. The molecule has 0 fully saturated rings. The fourth-order valence-corrected chi connectivity index (χ4v) is 10.3. The number of rotatable bonds is 11. The molecule has 0 aliphatic rings. The lowest BCUT2D eigenvalue weighted by atomic mass is 10.1. The van der Waals surface area contributed by atoms with E-state index >= 15 is 0 Å². The van der Waals surface area contributed by atoms with Gasteiger partial charge in [-0.15, -0.1) is 5.10 Å². The molecular formula is C29H36N4OSSi. The molecule has 1 atom stereocenters. The van der Waals surface area contributed by atoms with Crippen LogP contribution in [0.2, 0.25) is 5.04 Å². The molecule has 0 saturated carbocycles. The van der Waals surface area contributed by atoms with Gasteiger partial charge >= 0.3 is 0 Å². The maximum atomic E-state index is 7.06. The molecule has 0 amide bonds. The van der Waals surface area contributed by atoms with Crippen LogP contribution in [0.3, 0.4) is 0 Å². The lowest BCUT2D eigenvalue weighted by Crippen LogP contribution is -2.66. The second-order valence-electron chi connectivity index (χ2n) is 10.3. The number of nitrogens with zero attached hydrogens (tertiary/aromatic N) is 4. The number of hydrogen-bond acceptors (Lipinski definition) is 5. The largest absolute Gasteiger partial charge is 0.407 e. The van der Waals surface area contributed by atoms with Crippen molar-refractivity contribution < 1.29 is 4.43 Å². The minimum atomic E-state index is -2.47. The van der Waals surface area contributed by atoms with Crippen molar-refractivity contribution in [3.63, 3.8) is 0 Å². The molecule has 4 aromatic rings. The molecule has 36 heavy (non-hydrogen) atoms. The molecular weight excluding hydrogens is 480 g/mol. The zero-order chi connectivity index (χ0) is 25.4. The average Bonchev–Trinajstić information content (AvgIpc) is 3.36. The van der Waals surface area contributed by atoms with E-state index in [-0.39, 0.29) is 5.04 Å². The van der Waals surface area contributed by atoms with Gasteiger partial charge in [-0.05, 0) is 56.7 Å². The number of hydrogen-bond donors (Lipinski definition) is 0. The van der Waals surface area contributed by atoms with Crippen molar-refractivity contribution in [2.24, 2.45) is 5.92 Å². The predicted molar refractivity (Wildman–Crippen MR) is 152 cm³/mol. The molecule has 0 aliphatic heterocycles. The predicted octanol–water partition coefficient (Wildman–Crippen LogP) is 5.75. The summed E-state index contributed by atoms with van der Waals surface area (Å²) in [7, 11) is -2.47. The van der Waals surface area contributed by atoms with Gasteiger partial charge in [0.15, 0.2) is 0 Å². The number of aromatic nitrogens is 4. The number of tetrazole rings is 1. The molecule has 1 heterocycles. The second-order valence-corrected chi connectivity index (χ2v) is 15.6. The molecule has 1 aromatic heterocycles. The van der Waals surface area contributed by atoms with Crippen molar-refractivity contribution in [1.82, 2.24) is 20.2 Å². The van der Waals surface area contributed by atoms with E-state index in [1.807, 2.05) is 30.3 Å². The normalized spacial score (nSPS) is 13.0. The number of thioether (sulfide) groups is 1. The van der Waals surface area contributed by atoms with E-state index in [0.717, 1.165) is 36.0 Å². The van der Waals surface area contributed by atoms with Crippen LogP contribution in [0, 0.1) is 5.92 Å². The Labute approximate surface area is 220 Å². The third-order valence-electron chi connectivity index (χ3n) is 6.63. The lowest BCUT2D eigenvalue weighted by molar-refractivity contribution is 0.266. The Kier molecular flexibility index (Phi) is 8.77. The first-order valence-electron chi connectivity index (χ1n) is 12.6. The van der Waals surface area contributed by atoms with Crippen molar-refractivity contribution in [3.8, 4) is 5.69 Å². The topological polar surface area (TPSA) is 52.8 Å². The van der Waals surface area contributed by atoms with Crippen molar-refractivity contribution in [3.05, 3.63) is 91.0 Å². The van der Waals surface area contributed by atoms with E-state index in [0.29, 0.717) is 5.92 Å². The summed E-state index contributed by atoms with van der Waals surface area (Å²) >= 11 is 1.71. The van der Waals surface area contributed by atoms with Gasteiger partial charge in [-0.3, -0.25) is 0 Å². The van der Waals surface area contributed by atoms with Crippen LogP contribution in [0.25, 0.3) is 5.69 Å². The number of para-hydroxylation sites is 1. The maximum Gasteiger partial charge on any atom is 0.261 e. The van der Waals surface area contributed by atoms with Crippen LogP contribution in [0.4, 0.5) is 0 Å². The first kappa shape index (κ1) is 26.3. The van der Waals surface area contributed by atoms with E-state index in [1.54, 1.807) is 16.4 Å². The molecule has 0 spiro atoms. The highest BCUT2D eigenvalue weighted by Gasteiger charge is 2.49. The molecule has 0 aliphatic carbocycles. The van der Waals surface area contributed by atoms with Gasteiger partial charge in [0.2, 0.25) is 5.16 Å². The van der Waals surface area contributed by atoms with Gasteiger partial charge in [-0.1, -0.05) is 118 Å². The molecule has 0 saturated heterocycles. The summed E-state index contributed by atoms with van der Waals surface area (Å²) in [6, 6.07) is 31.8. The Hall–Kier alpha value is -2.74. The summed E-state index contributed by atoms with van der Waals surface area (Å²) in [5, 5.41) is 15.8. The van der Waals surface area contributed by atoms with Gasteiger partial charge < -0.3 is 4.43 Å². The van der Waals surface area contributed by atoms with Crippen LogP contribution in [0.5, 0.6) is 0 Å². The van der Waals surface area contributed by atoms with E-state index in [4.69, 9.17) is 4.43 Å². The Morgan fingerprint density at radius 1 is 0.833 bits per heavy atom. The average molecular weight is 517 g/mol. The van der Waals surface area contributed by atoms with Gasteiger partial charge in [-0.2, -0.15) is 4.68 Å². The highest BCUT2D eigenvalue weighted by Crippen LogP contribution is 2.37. The molecule has 0 N–H and O–H groups in total. The van der Waals surface area contributed by atoms with Crippen molar-refractivity contribution >= 4 is 30.5 Å². The molecule has 188 valence electrons. The van der Waals surface area contributed by atoms with Gasteiger partial charge in [-0.25, -0.2) is 0 Å². The molecule has 3 aromatic carbocycles.